The molecule has 0 aliphatic carbocycles. The predicted octanol–water partition coefficient (Wildman–Crippen LogP) is 2.34. The molecule has 0 saturated carbocycles. The zero-order chi connectivity index (χ0) is 19.1. The van der Waals surface area contributed by atoms with E-state index in [4.69, 9.17) is 9.51 Å². The van der Waals surface area contributed by atoms with E-state index >= 15 is 0 Å². The van der Waals surface area contributed by atoms with Crippen LogP contribution in [-0.4, -0.2) is 46.0 Å². The first-order chi connectivity index (χ1) is 13.7. The Morgan fingerprint density at radius 1 is 1.14 bits per heavy atom. The first kappa shape index (κ1) is 16.8. The Bertz CT molecular complexity index is 1110. The third-order valence-corrected chi connectivity index (χ3v) is 5.10. The third-order valence-electron chi connectivity index (χ3n) is 5.10. The minimum atomic E-state index is 0.00544. The third kappa shape index (κ3) is 2.90. The fraction of sp³-hybridized carbons (Fsp3) is 0.444. The minimum absolute atomic E-state index is 0.00544. The van der Waals surface area contributed by atoms with E-state index in [9.17, 15) is 0 Å². The highest BCUT2D eigenvalue weighted by atomic mass is 16.5. The van der Waals surface area contributed by atoms with Crippen molar-refractivity contribution < 1.29 is 4.52 Å². The van der Waals surface area contributed by atoms with Gasteiger partial charge in [-0.25, -0.2) is 4.98 Å². The van der Waals surface area contributed by atoms with Crippen molar-refractivity contribution in [3.63, 3.8) is 0 Å². The van der Waals surface area contributed by atoms with E-state index in [1.54, 1.807) is 15.4 Å². The summed E-state index contributed by atoms with van der Waals surface area (Å²) in [6.45, 7) is 2.86. The van der Waals surface area contributed by atoms with Crippen LogP contribution in [-0.2, 0) is 7.05 Å². The summed E-state index contributed by atoms with van der Waals surface area (Å²) in [7, 11) is 1.86. The average molecular weight is 379 g/mol. The zero-order valence-corrected chi connectivity index (χ0v) is 15.9. The van der Waals surface area contributed by atoms with Crippen LogP contribution < -0.4 is 4.90 Å². The van der Waals surface area contributed by atoms with Gasteiger partial charge in [0.15, 0.2) is 5.82 Å². The summed E-state index contributed by atoms with van der Waals surface area (Å²) >= 11 is 0. The molecule has 4 aromatic rings. The zero-order valence-electron chi connectivity index (χ0n) is 15.9. The Balaban J connectivity index is 1.56. The quantitative estimate of drug-likeness (QED) is 0.534. The second-order valence-electron chi connectivity index (χ2n) is 7.15. The van der Waals surface area contributed by atoms with Crippen molar-refractivity contribution in [3.8, 4) is 11.5 Å². The van der Waals surface area contributed by atoms with Gasteiger partial charge in [0.1, 0.15) is 12.1 Å². The number of nitrogens with zero attached hydrogens (tertiary/aromatic N) is 9. The van der Waals surface area contributed by atoms with E-state index in [1.807, 2.05) is 26.2 Å². The predicted molar refractivity (Wildman–Crippen MR) is 101 cm³/mol. The maximum Gasteiger partial charge on any atom is 0.261 e. The fourth-order valence-corrected chi connectivity index (χ4v) is 3.79. The lowest BCUT2D eigenvalue weighted by atomic mass is 10.1. The van der Waals surface area contributed by atoms with Gasteiger partial charge in [-0.05, 0) is 19.8 Å². The summed E-state index contributed by atoms with van der Waals surface area (Å²) in [6, 6.07) is 2.05. The van der Waals surface area contributed by atoms with Crippen molar-refractivity contribution in [2.45, 2.75) is 38.6 Å². The van der Waals surface area contributed by atoms with Crippen molar-refractivity contribution in [2.75, 3.05) is 11.4 Å². The smallest absolute Gasteiger partial charge is 0.261 e. The molecule has 0 spiro atoms. The first-order valence-corrected chi connectivity index (χ1v) is 9.46. The van der Waals surface area contributed by atoms with Crippen LogP contribution in [0, 0.1) is 6.92 Å². The van der Waals surface area contributed by atoms with E-state index in [0.29, 0.717) is 17.5 Å². The van der Waals surface area contributed by atoms with Gasteiger partial charge >= 0.3 is 0 Å². The second-order valence-corrected chi connectivity index (χ2v) is 7.15. The molecular formula is C18H21N9O. The molecule has 10 heteroatoms. The van der Waals surface area contributed by atoms with Crippen LogP contribution in [0.2, 0.25) is 0 Å². The van der Waals surface area contributed by atoms with E-state index in [0.717, 1.165) is 42.9 Å². The van der Waals surface area contributed by atoms with E-state index < -0.39 is 0 Å². The molecule has 5 heterocycles. The van der Waals surface area contributed by atoms with Gasteiger partial charge in [-0.1, -0.05) is 18.0 Å². The summed E-state index contributed by atoms with van der Waals surface area (Å²) in [5, 5.41) is 12.9. The maximum absolute atomic E-state index is 5.55. The molecule has 0 radical (unpaired) electrons. The molecule has 0 amide bonds. The van der Waals surface area contributed by atoms with Gasteiger partial charge in [-0.2, -0.15) is 24.7 Å². The van der Waals surface area contributed by atoms with Gasteiger partial charge in [-0.15, -0.1) is 0 Å². The van der Waals surface area contributed by atoms with Gasteiger partial charge in [0.25, 0.3) is 11.7 Å². The Hall–Kier alpha value is -3.30. The van der Waals surface area contributed by atoms with Crippen LogP contribution in [0.15, 0.2) is 29.3 Å². The van der Waals surface area contributed by atoms with Crippen molar-refractivity contribution >= 4 is 11.6 Å². The van der Waals surface area contributed by atoms with E-state index in [-0.39, 0.29) is 6.04 Å². The van der Waals surface area contributed by atoms with Gasteiger partial charge in [0.2, 0.25) is 0 Å². The molecule has 4 aromatic heterocycles. The van der Waals surface area contributed by atoms with Crippen molar-refractivity contribution in [1.29, 1.82) is 0 Å². The van der Waals surface area contributed by atoms with E-state index in [1.165, 1.54) is 12.7 Å². The van der Waals surface area contributed by atoms with Gasteiger partial charge in [-0.3, -0.25) is 4.68 Å². The van der Waals surface area contributed by atoms with Crippen LogP contribution in [0.5, 0.6) is 0 Å². The molecule has 0 aromatic carbocycles. The lowest BCUT2D eigenvalue weighted by Crippen LogP contribution is -2.31. The standard InChI is InChI=1S/C18H21N9O/c1-12-8-15(27-18(22-12)19-11-21-27)26-7-5-3-4-6-14(26)16-23-17(28-24-16)13-9-20-25(2)10-13/h8-11,14H,3-7H2,1-2H3. The Kier molecular flexibility index (Phi) is 4.03. The summed E-state index contributed by atoms with van der Waals surface area (Å²) < 4.78 is 9.06. The van der Waals surface area contributed by atoms with Crippen LogP contribution in [0.25, 0.3) is 17.2 Å². The number of aromatic nitrogens is 8. The van der Waals surface area contributed by atoms with Gasteiger partial charge in [0.05, 0.1) is 17.8 Å². The maximum atomic E-state index is 5.55. The van der Waals surface area contributed by atoms with Crippen molar-refractivity contribution in [1.82, 2.24) is 39.5 Å². The SMILES string of the molecule is Cc1cc(N2CCCCCC2c2noc(-c3cnn(C)c3)n2)n2ncnc2n1. The normalized spacial score (nSPS) is 17.9. The van der Waals surface area contributed by atoms with Crippen LogP contribution in [0.4, 0.5) is 5.82 Å². The highest BCUT2D eigenvalue weighted by molar-refractivity contribution is 5.51. The van der Waals surface area contributed by atoms with Crippen LogP contribution in [0.1, 0.15) is 43.2 Å². The monoisotopic (exact) mass is 379 g/mol. The molecule has 5 rings (SSSR count). The van der Waals surface area contributed by atoms with Gasteiger partial charge < -0.3 is 9.42 Å². The Labute approximate surface area is 161 Å². The summed E-state index contributed by atoms with van der Waals surface area (Å²) in [6.07, 6.45) is 9.46. The van der Waals surface area contributed by atoms with Gasteiger partial charge in [0, 0.05) is 31.5 Å². The number of fused-ring (bicyclic) bond motifs is 1. The molecule has 144 valence electrons. The molecule has 1 aliphatic rings. The minimum Gasteiger partial charge on any atom is -0.346 e. The molecular weight excluding hydrogens is 358 g/mol. The summed E-state index contributed by atoms with van der Waals surface area (Å²) in [4.78, 5) is 15.7. The largest absolute Gasteiger partial charge is 0.346 e. The lowest BCUT2D eigenvalue weighted by molar-refractivity contribution is 0.410. The molecule has 0 bridgehead atoms. The molecule has 1 fully saturated rings. The van der Waals surface area contributed by atoms with Crippen LogP contribution >= 0.6 is 0 Å². The molecule has 10 nitrogen and oxygen atoms in total. The number of aryl methyl sites for hydroxylation is 2. The van der Waals surface area contributed by atoms with Crippen LogP contribution in [0.3, 0.4) is 0 Å². The summed E-state index contributed by atoms with van der Waals surface area (Å²) in [5.41, 5.74) is 1.72. The molecule has 0 N–H and O–H groups in total. The molecule has 1 atom stereocenters. The Morgan fingerprint density at radius 3 is 2.93 bits per heavy atom. The number of hydrogen-bond donors (Lipinski definition) is 0. The lowest BCUT2D eigenvalue weighted by Gasteiger charge is -2.29. The molecule has 28 heavy (non-hydrogen) atoms. The highest BCUT2D eigenvalue weighted by Gasteiger charge is 2.29. The molecule has 1 aliphatic heterocycles. The highest BCUT2D eigenvalue weighted by Crippen LogP contribution is 2.34. The topological polar surface area (TPSA) is 103 Å². The van der Waals surface area contributed by atoms with E-state index in [2.05, 4.69) is 30.2 Å². The fourth-order valence-electron chi connectivity index (χ4n) is 3.79. The first-order valence-electron chi connectivity index (χ1n) is 9.46. The second kappa shape index (κ2) is 6.70. The van der Waals surface area contributed by atoms with Crippen molar-refractivity contribution in [3.05, 3.63) is 36.3 Å². The number of hydrogen-bond acceptors (Lipinski definition) is 8. The number of rotatable bonds is 3. The average Bonchev–Trinajstić information content (AvgIpc) is 3.39. The number of anilines is 1. The summed E-state index contributed by atoms with van der Waals surface area (Å²) in [5.74, 6) is 2.73. The van der Waals surface area contributed by atoms with Crippen molar-refractivity contribution in [2.24, 2.45) is 7.05 Å². The Morgan fingerprint density at radius 2 is 2.07 bits per heavy atom. The molecule has 1 saturated heterocycles. The molecule has 1 unspecified atom stereocenters.